The predicted molar refractivity (Wildman–Crippen MR) is 121 cm³/mol. The second kappa shape index (κ2) is 8.97. The highest BCUT2D eigenvalue weighted by Gasteiger charge is 2.45. The molecule has 10 heteroatoms. The fraction of sp³-hybridized carbons (Fsp3) is 0.292. The lowest BCUT2D eigenvalue weighted by atomic mass is 9.79. The van der Waals surface area contributed by atoms with Crippen molar-refractivity contribution in [3.05, 3.63) is 81.8 Å². The molecular weight excluding hydrogens is 440 g/mol. The van der Waals surface area contributed by atoms with E-state index in [2.05, 4.69) is 4.98 Å². The van der Waals surface area contributed by atoms with E-state index in [-0.39, 0.29) is 11.7 Å². The van der Waals surface area contributed by atoms with Crippen LogP contribution in [0.15, 0.2) is 68.4 Å². The topological polar surface area (TPSA) is 124 Å². The Morgan fingerprint density at radius 1 is 1.26 bits per heavy atom. The van der Waals surface area contributed by atoms with E-state index in [1.807, 2.05) is 24.3 Å². The second-order valence-corrected chi connectivity index (χ2v) is 8.19. The smallest absolute Gasteiger partial charge is 0.406 e. The van der Waals surface area contributed by atoms with Crippen molar-refractivity contribution in [3.63, 3.8) is 0 Å². The molecule has 2 aliphatic rings. The van der Waals surface area contributed by atoms with Crippen LogP contribution >= 0.6 is 0 Å². The van der Waals surface area contributed by atoms with Gasteiger partial charge in [-0.3, -0.25) is 4.79 Å². The van der Waals surface area contributed by atoms with Crippen molar-refractivity contribution >= 4 is 23.5 Å². The van der Waals surface area contributed by atoms with Gasteiger partial charge in [-0.25, -0.2) is 5.01 Å². The van der Waals surface area contributed by atoms with E-state index in [1.54, 1.807) is 31.6 Å². The van der Waals surface area contributed by atoms with Crippen molar-refractivity contribution in [2.75, 3.05) is 6.61 Å². The Bertz CT molecular complexity index is 1260. The molecule has 5 rings (SSSR count). The fourth-order valence-electron chi connectivity index (χ4n) is 4.47. The molecule has 34 heavy (non-hydrogen) atoms. The number of hydrogen-bond acceptors (Lipinski definition) is 8. The van der Waals surface area contributed by atoms with Gasteiger partial charge in [-0.2, -0.15) is 5.10 Å². The summed E-state index contributed by atoms with van der Waals surface area (Å²) in [6, 6.07) is 9.90. The van der Waals surface area contributed by atoms with E-state index < -0.39 is 29.3 Å². The molecule has 2 atom stereocenters. The molecular formula is C24H22N4O6. The number of aryl methyl sites for hydroxylation is 1. The van der Waals surface area contributed by atoms with Crippen LogP contribution in [0.3, 0.4) is 0 Å². The molecule has 1 saturated carbocycles. The summed E-state index contributed by atoms with van der Waals surface area (Å²) in [6.45, 7) is 1.22. The lowest BCUT2D eigenvalue weighted by molar-refractivity contribution is -0.390. The molecule has 0 bridgehead atoms. The van der Waals surface area contributed by atoms with Gasteiger partial charge in [0.15, 0.2) is 6.61 Å². The first kappa shape index (κ1) is 21.6. The molecule has 0 radical (unpaired) electrons. The summed E-state index contributed by atoms with van der Waals surface area (Å²) in [5.74, 6) is 0.372. The first-order chi connectivity index (χ1) is 16.5. The molecule has 1 aliphatic heterocycles. The molecule has 0 saturated heterocycles. The molecule has 174 valence electrons. The van der Waals surface area contributed by atoms with Gasteiger partial charge >= 0.3 is 5.82 Å². The van der Waals surface area contributed by atoms with Crippen LogP contribution in [0.2, 0.25) is 0 Å². The largest absolute Gasteiger partial charge is 0.475 e. The van der Waals surface area contributed by atoms with Crippen molar-refractivity contribution in [2.45, 2.75) is 32.2 Å². The Morgan fingerprint density at radius 3 is 2.82 bits per heavy atom. The normalized spacial score (nSPS) is 20.8. The summed E-state index contributed by atoms with van der Waals surface area (Å²) in [6.07, 6.45) is 7.74. The summed E-state index contributed by atoms with van der Waals surface area (Å²) in [4.78, 5) is 27.9. The first-order valence-electron chi connectivity index (χ1n) is 10.9. The number of nitro groups is 1. The number of ether oxygens (including phenoxy) is 1. The van der Waals surface area contributed by atoms with Crippen molar-refractivity contribution in [1.82, 2.24) is 9.99 Å². The Labute approximate surface area is 194 Å². The molecule has 1 aliphatic carbocycles. The monoisotopic (exact) mass is 462 g/mol. The highest BCUT2D eigenvalue weighted by atomic mass is 16.6. The Kier molecular flexibility index (Phi) is 5.70. The zero-order valence-corrected chi connectivity index (χ0v) is 18.4. The molecule has 10 nitrogen and oxygen atoms in total. The molecule has 2 unspecified atom stereocenters. The standard InChI is InChI=1S/C24H22N4O6/c1-15-9-10-20(24(25-15)28(30)31)34-14-21(29)27-23(19-8-4-12-33-19)18-7-2-5-16(22(18)26-27)13-17-6-3-11-32-17/h3-4,6,8-13,18,23H,2,5,7,14H2,1H3/b16-13+. The SMILES string of the molecule is Cc1ccc(OCC(=O)N2N=C3/C(=C/c4ccco4)CCCC3C2c2ccco2)c([N+](=O)[O-])n1. The molecule has 1 fully saturated rings. The maximum absolute atomic E-state index is 13.3. The third kappa shape index (κ3) is 4.09. The number of allylic oxidation sites excluding steroid dienone is 1. The van der Waals surface area contributed by atoms with Crippen molar-refractivity contribution in [2.24, 2.45) is 11.0 Å². The number of carbonyl (C=O) groups is 1. The number of nitrogens with zero attached hydrogens (tertiary/aromatic N) is 4. The number of aromatic nitrogens is 1. The average molecular weight is 462 g/mol. The van der Waals surface area contributed by atoms with Gasteiger partial charge in [0.25, 0.3) is 5.91 Å². The summed E-state index contributed by atoms with van der Waals surface area (Å²) in [5.41, 5.74) is 2.31. The lowest BCUT2D eigenvalue weighted by Crippen LogP contribution is -2.34. The molecule has 0 spiro atoms. The Hall–Kier alpha value is -4.21. The van der Waals surface area contributed by atoms with E-state index >= 15 is 0 Å². The highest BCUT2D eigenvalue weighted by Crippen LogP contribution is 2.44. The van der Waals surface area contributed by atoms with Crippen LogP contribution < -0.4 is 4.74 Å². The van der Waals surface area contributed by atoms with E-state index in [9.17, 15) is 14.9 Å². The number of carbonyl (C=O) groups excluding carboxylic acids is 1. The van der Waals surface area contributed by atoms with Gasteiger partial charge in [0.2, 0.25) is 5.75 Å². The summed E-state index contributed by atoms with van der Waals surface area (Å²) < 4.78 is 16.7. The molecule has 3 aromatic heterocycles. The number of fused-ring (bicyclic) bond motifs is 1. The van der Waals surface area contributed by atoms with Gasteiger partial charge in [-0.1, -0.05) is 0 Å². The van der Waals surface area contributed by atoms with Gasteiger partial charge in [-0.05, 0) is 77.2 Å². The quantitative estimate of drug-likeness (QED) is 0.384. The Balaban J connectivity index is 1.43. The zero-order chi connectivity index (χ0) is 23.7. The van der Waals surface area contributed by atoms with Crippen molar-refractivity contribution < 1.29 is 23.3 Å². The van der Waals surface area contributed by atoms with Crippen LogP contribution in [-0.2, 0) is 4.79 Å². The van der Waals surface area contributed by atoms with Crippen molar-refractivity contribution in [1.29, 1.82) is 0 Å². The van der Waals surface area contributed by atoms with Crippen LogP contribution in [0.25, 0.3) is 6.08 Å². The molecule has 0 N–H and O–H groups in total. The van der Waals surface area contributed by atoms with E-state index in [0.29, 0.717) is 11.5 Å². The van der Waals surface area contributed by atoms with Crippen LogP contribution in [0.4, 0.5) is 5.82 Å². The van der Waals surface area contributed by atoms with Gasteiger partial charge in [-0.15, -0.1) is 0 Å². The van der Waals surface area contributed by atoms with Gasteiger partial charge in [0.05, 0.1) is 18.2 Å². The summed E-state index contributed by atoms with van der Waals surface area (Å²) in [7, 11) is 0. The maximum atomic E-state index is 13.3. The number of hydrazone groups is 1. The van der Waals surface area contributed by atoms with Gasteiger partial charge in [0, 0.05) is 12.8 Å². The third-order valence-electron chi connectivity index (χ3n) is 5.95. The van der Waals surface area contributed by atoms with Crippen LogP contribution in [-0.4, -0.2) is 33.1 Å². The molecule has 3 aromatic rings. The highest BCUT2D eigenvalue weighted by molar-refractivity contribution is 6.08. The number of furan rings is 2. The number of hydrogen-bond donors (Lipinski definition) is 0. The molecule has 0 aromatic carbocycles. The first-order valence-corrected chi connectivity index (χ1v) is 10.9. The van der Waals surface area contributed by atoms with E-state index in [0.717, 1.165) is 36.3 Å². The molecule has 4 heterocycles. The minimum absolute atomic E-state index is 0.0413. The number of pyridine rings is 1. The maximum Gasteiger partial charge on any atom is 0.406 e. The number of rotatable bonds is 6. The lowest BCUT2D eigenvalue weighted by Gasteiger charge is -2.27. The fourth-order valence-corrected chi connectivity index (χ4v) is 4.47. The number of amides is 1. The Morgan fingerprint density at radius 2 is 2.09 bits per heavy atom. The summed E-state index contributed by atoms with van der Waals surface area (Å²) in [5, 5.41) is 17.4. The minimum atomic E-state index is -0.630. The van der Waals surface area contributed by atoms with E-state index in [1.165, 1.54) is 11.1 Å². The molecule has 1 amide bonds. The van der Waals surface area contributed by atoms with Crippen LogP contribution in [0, 0.1) is 23.0 Å². The van der Waals surface area contributed by atoms with Crippen molar-refractivity contribution in [3.8, 4) is 5.75 Å². The average Bonchev–Trinajstić information content (AvgIpc) is 3.58. The summed E-state index contributed by atoms with van der Waals surface area (Å²) >= 11 is 0. The van der Waals surface area contributed by atoms with Crippen LogP contribution in [0.1, 0.15) is 42.5 Å². The van der Waals surface area contributed by atoms with Crippen LogP contribution in [0.5, 0.6) is 5.75 Å². The van der Waals surface area contributed by atoms with E-state index in [4.69, 9.17) is 18.7 Å². The van der Waals surface area contributed by atoms with Gasteiger partial charge < -0.3 is 23.7 Å². The minimum Gasteiger partial charge on any atom is -0.475 e. The second-order valence-electron chi connectivity index (χ2n) is 8.19. The predicted octanol–water partition coefficient (Wildman–Crippen LogP) is 4.69. The third-order valence-corrected chi connectivity index (χ3v) is 5.95. The van der Waals surface area contributed by atoms with Gasteiger partial charge in [0.1, 0.15) is 23.3 Å². The zero-order valence-electron chi connectivity index (χ0n) is 18.4.